The molecular formula is C29H38N4O2S. The van der Waals surface area contributed by atoms with Crippen LogP contribution in [0.15, 0.2) is 48.5 Å². The molecule has 0 aliphatic heterocycles. The third-order valence-corrected chi connectivity index (χ3v) is 7.06. The maximum atomic E-state index is 13.2. The summed E-state index contributed by atoms with van der Waals surface area (Å²) in [4.78, 5) is 27.6. The molecule has 0 saturated heterocycles. The Balaban J connectivity index is 1.54. The molecule has 6 nitrogen and oxygen atoms in total. The Morgan fingerprint density at radius 2 is 1.58 bits per heavy atom. The number of anilines is 1. The summed E-state index contributed by atoms with van der Waals surface area (Å²) in [5, 5.41) is 12.4. The fourth-order valence-electron chi connectivity index (χ4n) is 3.92. The number of rotatable bonds is 14. The van der Waals surface area contributed by atoms with Gasteiger partial charge in [0.05, 0.1) is 0 Å². The van der Waals surface area contributed by atoms with Crippen LogP contribution in [0, 0.1) is 6.92 Å². The van der Waals surface area contributed by atoms with Crippen LogP contribution in [0.5, 0.6) is 0 Å². The number of hydrogen-bond donors (Lipinski definition) is 1. The Labute approximate surface area is 219 Å². The third kappa shape index (κ3) is 8.55. The molecule has 3 rings (SSSR count). The highest BCUT2D eigenvalue weighted by molar-refractivity contribution is 7.18. The smallest absolute Gasteiger partial charge is 0.253 e. The van der Waals surface area contributed by atoms with Crippen molar-refractivity contribution in [3.8, 4) is 10.6 Å². The van der Waals surface area contributed by atoms with Crippen molar-refractivity contribution < 1.29 is 9.59 Å². The van der Waals surface area contributed by atoms with Crippen LogP contribution < -0.4 is 5.32 Å². The molecule has 1 heterocycles. The Morgan fingerprint density at radius 1 is 0.861 bits per heavy atom. The molecule has 0 aliphatic carbocycles. The maximum Gasteiger partial charge on any atom is 0.253 e. The van der Waals surface area contributed by atoms with Crippen LogP contribution in [-0.4, -0.2) is 40.0 Å². The summed E-state index contributed by atoms with van der Waals surface area (Å²) in [6, 6.07) is 16.0. The number of unbranched alkanes of at least 4 members (excludes halogenated alkanes) is 4. The van der Waals surface area contributed by atoms with Gasteiger partial charge in [-0.2, -0.15) is 0 Å². The SMILES string of the molecule is CCCCCCc1ccc(C(=O)N(CCCC)CCC(=O)Nc2nnc(-c3ccc(C)cc3)s2)cc1. The van der Waals surface area contributed by atoms with Gasteiger partial charge in [-0.05, 0) is 43.9 Å². The van der Waals surface area contributed by atoms with Gasteiger partial charge in [-0.25, -0.2) is 0 Å². The summed E-state index contributed by atoms with van der Waals surface area (Å²) in [6.07, 6.45) is 8.07. The van der Waals surface area contributed by atoms with E-state index in [4.69, 9.17) is 0 Å². The molecule has 2 aromatic carbocycles. The van der Waals surface area contributed by atoms with E-state index in [1.165, 1.54) is 48.1 Å². The van der Waals surface area contributed by atoms with Crippen molar-refractivity contribution in [2.75, 3.05) is 18.4 Å². The lowest BCUT2D eigenvalue weighted by atomic mass is 10.0. The normalized spacial score (nSPS) is 10.9. The van der Waals surface area contributed by atoms with Gasteiger partial charge in [0.15, 0.2) is 0 Å². The van der Waals surface area contributed by atoms with E-state index in [0.717, 1.165) is 29.8 Å². The number of nitrogens with zero attached hydrogens (tertiary/aromatic N) is 3. The van der Waals surface area contributed by atoms with Gasteiger partial charge in [0.25, 0.3) is 5.91 Å². The van der Waals surface area contributed by atoms with Gasteiger partial charge in [-0.1, -0.05) is 92.8 Å². The zero-order valence-corrected chi connectivity index (χ0v) is 22.6. The number of carbonyl (C=O) groups is 2. The molecule has 192 valence electrons. The van der Waals surface area contributed by atoms with Crippen molar-refractivity contribution in [3.63, 3.8) is 0 Å². The topological polar surface area (TPSA) is 75.2 Å². The van der Waals surface area contributed by atoms with E-state index in [1.807, 2.05) is 43.3 Å². The third-order valence-electron chi connectivity index (χ3n) is 6.17. The number of carbonyl (C=O) groups excluding carboxylic acids is 2. The van der Waals surface area contributed by atoms with Crippen LogP contribution in [0.25, 0.3) is 10.6 Å². The van der Waals surface area contributed by atoms with E-state index in [-0.39, 0.29) is 18.2 Å². The lowest BCUT2D eigenvalue weighted by Crippen LogP contribution is -2.34. The van der Waals surface area contributed by atoms with Crippen LogP contribution in [-0.2, 0) is 11.2 Å². The molecule has 0 fully saturated rings. The molecule has 0 spiro atoms. The van der Waals surface area contributed by atoms with Gasteiger partial charge in [0, 0.05) is 30.6 Å². The standard InChI is InChI=1S/C29H38N4O2S/c1-4-6-8-9-10-23-13-17-25(18-14-23)28(35)33(20-7-5-2)21-19-26(34)30-29-32-31-27(36-29)24-15-11-22(3)12-16-24/h11-18H,4-10,19-21H2,1-3H3,(H,30,32,34). The highest BCUT2D eigenvalue weighted by Gasteiger charge is 2.17. The Kier molecular flexibility index (Phi) is 11.1. The van der Waals surface area contributed by atoms with Gasteiger partial charge < -0.3 is 10.2 Å². The van der Waals surface area contributed by atoms with Gasteiger partial charge in [0.1, 0.15) is 5.01 Å². The minimum Gasteiger partial charge on any atom is -0.338 e. The predicted octanol–water partition coefficient (Wildman–Crippen LogP) is 6.91. The minimum atomic E-state index is -0.168. The van der Waals surface area contributed by atoms with E-state index in [2.05, 4.69) is 41.5 Å². The zero-order chi connectivity index (χ0) is 25.8. The second-order valence-corrected chi connectivity index (χ2v) is 10.2. The summed E-state index contributed by atoms with van der Waals surface area (Å²) in [7, 11) is 0. The molecule has 1 aromatic heterocycles. The maximum absolute atomic E-state index is 13.2. The first-order chi connectivity index (χ1) is 17.5. The summed E-state index contributed by atoms with van der Waals surface area (Å²) >= 11 is 1.35. The largest absolute Gasteiger partial charge is 0.338 e. The molecule has 2 amide bonds. The number of hydrogen-bond acceptors (Lipinski definition) is 5. The van der Waals surface area contributed by atoms with E-state index in [1.54, 1.807) is 4.90 Å². The first-order valence-corrected chi connectivity index (χ1v) is 13.9. The number of aryl methyl sites for hydroxylation is 2. The number of amides is 2. The van der Waals surface area contributed by atoms with E-state index in [9.17, 15) is 9.59 Å². The second-order valence-electron chi connectivity index (χ2n) is 9.23. The summed E-state index contributed by atoms with van der Waals surface area (Å²) in [6.45, 7) is 7.36. The molecule has 1 N–H and O–H groups in total. The monoisotopic (exact) mass is 506 g/mol. The van der Waals surface area contributed by atoms with Crippen LogP contribution >= 0.6 is 11.3 Å². The van der Waals surface area contributed by atoms with Crippen molar-refractivity contribution in [3.05, 3.63) is 65.2 Å². The molecule has 0 atom stereocenters. The van der Waals surface area contributed by atoms with Crippen molar-refractivity contribution in [1.29, 1.82) is 0 Å². The van der Waals surface area contributed by atoms with Crippen molar-refractivity contribution in [2.24, 2.45) is 0 Å². The number of benzene rings is 2. The summed E-state index contributed by atoms with van der Waals surface area (Å²) in [5.74, 6) is -0.190. The van der Waals surface area contributed by atoms with E-state index >= 15 is 0 Å². The molecule has 3 aromatic rings. The number of nitrogens with one attached hydrogen (secondary N) is 1. The van der Waals surface area contributed by atoms with E-state index in [0.29, 0.717) is 23.8 Å². The number of aromatic nitrogens is 2. The molecule has 36 heavy (non-hydrogen) atoms. The molecule has 0 radical (unpaired) electrons. The predicted molar refractivity (Wildman–Crippen MR) is 148 cm³/mol. The van der Waals surface area contributed by atoms with Crippen LogP contribution in [0.1, 0.15) is 80.3 Å². The van der Waals surface area contributed by atoms with Crippen molar-refractivity contribution >= 4 is 28.3 Å². The Hall–Kier alpha value is -3.06. The van der Waals surface area contributed by atoms with Crippen LogP contribution in [0.3, 0.4) is 0 Å². The molecule has 0 saturated carbocycles. The molecular weight excluding hydrogens is 468 g/mol. The van der Waals surface area contributed by atoms with Gasteiger partial charge in [-0.15, -0.1) is 10.2 Å². The fraction of sp³-hybridized carbons (Fsp3) is 0.448. The van der Waals surface area contributed by atoms with Crippen molar-refractivity contribution in [1.82, 2.24) is 15.1 Å². The fourth-order valence-corrected chi connectivity index (χ4v) is 4.69. The van der Waals surface area contributed by atoms with Gasteiger partial charge >= 0.3 is 0 Å². The van der Waals surface area contributed by atoms with E-state index < -0.39 is 0 Å². The van der Waals surface area contributed by atoms with Crippen molar-refractivity contribution in [2.45, 2.75) is 72.1 Å². The molecule has 0 aliphatic rings. The quantitative estimate of drug-likeness (QED) is 0.241. The lowest BCUT2D eigenvalue weighted by molar-refractivity contribution is -0.116. The Morgan fingerprint density at radius 3 is 2.28 bits per heavy atom. The second kappa shape index (κ2) is 14.5. The molecule has 7 heteroatoms. The zero-order valence-electron chi connectivity index (χ0n) is 21.8. The average Bonchev–Trinajstić information content (AvgIpc) is 3.35. The Bertz CT molecular complexity index is 1090. The lowest BCUT2D eigenvalue weighted by Gasteiger charge is -2.22. The summed E-state index contributed by atoms with van der Waals surface area (Å²) < 4.78 is 0. The first kappa shape index (κ1) is 27.5. The van der Waals surface area contributed by atoms with Gasteiger partial charge in [-0.3, -0.25) is 9.59 Å². The van der Waals surface area contributed by atoms with Gasteiger partial charge in [0.2, 0.25) is 11.0 Å². The minimum absolute atomic E-state index is 0.0219. The average molecular weight is 507 g/mol. The van der Waals surface area contributed by atoms with Crippen LogP contribution in [0.2, 0.25) is 0 Å². The van der Waals surface area contributed by atoms with Crippen LogP contribution in [0.4, 0.5) is 5.13 Å². The molecule has 0 bridgehead atoms. The first-order valence-electron chi connectivity index (χ1n) is 13.1. The highest BCUT2D eigenvalue weighted by atomic mass is 32.1. The summed E-state index contributed by atoms with van der Waals surface area (Å²) in [5.41, 5.74) is 4.10. The highest BCUT2D eigenvalue weighted by Crippen LogP contribution is 2.26. The molecule has 0 unspecified atom stereocenters.